The van der Waals surface area contributed by atoms with Crippen LogP contribution in [0.5, 0.6) is 0 Å². The highest BCUT2D eigenvalue weighted by molar-refractivity contribution is 5.93. The maximum atomic E-state index is 12.3. The summed E-state index contributed by atoms with van der Waals surface area (Å²) in [5, 5.41) is 13.8. The van der Waals surface area contributed by atoms with E-state index < -0.39 is 12.1 Å². The van der Waals surface area contributed by atoms with E-state index in [1.165, 1.54) is 0 Å². The number of rotatable bonds is 6. The van der Waals surface area contributed by atoms with Crippen LogP contribution in [0.2, 0.25) is 0 Å². The van der Waals surface area contributed by atoms with Gasteiger partial charge in [-0.15, -0.1) is 0 Å². The Labute approximate surface area is 131 Å². The van der Waals surface area contributed by atoms with Crippen molar-refractivity contribution < 1.29 is 9.59 Å². The van der Waals surface area contributed by atoms with Crippen LogP contribution >= 0.6 is 0 Å². The van der Waals surface area contributed by atoms with Crippen molar-refractivity contribution in [1.82, 2.24) is 15.5 Å². The van der Waals surface area contributed by atoms with Gasteiger partial charge in [-0.2, -0.15) is 5.26 Å². The predicted molar refractivity (Wildman–Crippen MR) is 83.9 cm³/mol. The zero-order valence-corrected chi connectivity index (χ0v) is 13.0. The monoisotopic (exact) mass is 302 g/mol. The lowest BCUT2D eigenvalue weighted by molar-refractivity contribution is 0.182. The number of hydrogen-bond donors (Lipinski definition) is 2. The molecule has 2 N–H and O–H groups in total. The van der Waals surface area contributed by atoms with Gasteiger partial charge in [0.25, 0.3) is 0 Å². The summed E-state index contributed by atoms with van der Waals surface area (Å²) in [6.45, 7) is 3.95. The largest absolute Gasteiger partial charge is 0.335 e. The molecule has 22 heavy (non-hydrogen) atoms. The van der Waals surface area contributed by atoms with Crippen molar-refractivity contribution >= 4 is 12.1 Å². The summed E-state index contributed by atoms with van der Waals surface area (Å²) >= 11 is 0. The lowest BCUT2D eigenvalue weighted by Crippen LogP contribution is -2.50. The van der Waals surface area contributed by atoms with Crippen molar-refractivity contribution in [3.8, 4) is 6.07 Å². The minimum absolute atomic E-state index is 0.0143. The number of carbonyl (C=O) groups excluding carboxylic acids is 2. The van der Waals surface area contributed by atoms with Gasteiger partial charge in [0.1, 0.15) is 6.54 Å². The van der Waals surface area contributed by atoms with Crippen molar-refractivity contribution in [2.75, 3.05) is 6.54 Å². The molecule has 0 saturated heterocycles. The van der Waals surface area contributed by atoms with Crippen LogP contribution in [0.4, 0.5) is 9.59 Å². The smallest absolute Gasteiger partial charge is 0.326 e. The number of nitrogens with one attached hydrogen (secondary N) is 2. The molecule has 118 valence electrons. The molecule has 1 rings (SSSR count). The molecule has 0 radical (unpaired) electrons. The van der Waals surface area contributed by atoms with E-state index in [1.807, 2.05) is 50.2 Å². The first-order chi connectivity index (χ1) is 10.6. The minimum Gasteiger partial charge on any atom is -0.335 e. The second-order valence-corrected chi connectivity index (χ2v) is 5.03. The fourth-order valence-electron chi connectivity index (χ4n) is 2.01. The van der Waals surface area contributed by atoms with Gasteiger partial charge in [-0.05, 0) is 18.9 Å². The molecular weight excluding hydrogens is 280 g/mol. The Morgan fingerprint density at radius 1 is 1.27 bits per heavy atom. The summed E-state index contributed by atoms with van der Waals surface area (Å²) in [6, 6.07) is 10.0. The van der Waals surface area contributed by atoms with Gasteiger partial charge in [-0.25, -0.2) is 14.5 Å². The zero-order chi connectivity index (χ0) is 16.4. The number of benzene rings is 1. The summed E-state index contributed by atoms with van der Waals surface area (Å²) < 4.78 is 0. The summed E-state index contributed by atoms with van der Waals surface area (Å²) in [6.07, 6.45) is 1.78. The summed E-state index contributed by atoms with van der Waals surface area (Å²) in [5.41, 5.74) is 0.841. The van der Waals surface area contributed by atoms with Crippen LogP contribution in [0, 0.1) is 11.3 Å². The number of urea groups is 2. The number of nitrogens with zero attached hydrogens (tertiary/aromatic N) is 2. The summed E-state index contributed by atoms with van der Waals surface area (Å²) in [5.74, 6) is 0. The third-order valence-electron chi connectivity index (χ3n) is 3.08. The molecule has 0 aliphatic rings. The molecule has 0 saturated carbocycles. The highest BCUT2D eigenvalue weighted by Crippen LogP contribution is 2.06. The van der Waals surface area contributed by atoms with Gasteiger partial charge in [0.05, 0.1) is 12.6 Å². The van der Waals surface area contributed by atoms with E-state index in [4.69, 9.17) is 5.26 Å². The van der Waals surface area contributed by atoms with Crippen molar-refractivity contribution in [3.05, 3.63) is 35.9 Å². The van der Waals surface area contributed by atoms with Gasteiger partial charge in [-0.1, -0.05) is 43.7 Å². The molecule has 0 heterocycles. The fraction of sp³-hybridized carbons (Fsp3) is 0.438. The van der Waals surface area contributed by atoms with Gasteiger partial charge < -0.3 is 10.6 Å². The summed E-state index contributed by atoms with van der Waals surface area (Å²) in [4.78, 5) is 25.5. The highest BCUT2D eigenvalue weighted by Gasteiger charge is 2.22. The third kappa shape index (κ3) is 5.83. The maximum absolute atomic E-state index is 12.3. The van der Waals surface area contributed by atoms with Crippen LogP contribution in [0.3, 0.4) is 0 Å². The molecular formula is C16H22N4O2. The molecule has 0 bridgehead atoms. The van der Waals surface area contributed by atoms with E-state index in [2.05, 4.69) is 10.6 Å². The Bertz CT molecular complexity index is 525. The van der Waals surface area contributed by atoms with Crippen molar-refractivity contribution in [1.29, 1.82) is 5.26 Å². The van der Waals surface area contributed by atoms with Crippen LogP contribution in [-0.2, 0) is 6.54 Å². The third-order valence-corrected chi connectivity index (χ3v) is 3.08. The Hall–Kier alpha value is -2.55. The molecule has 1 aromatic carbocycles. The van der Waals surface area contributed by atoms with Gasteiger partial charge in [0.15, 0.2) is 0 Å². The van der Waals surface area contributed by atoms with Crippen LogP contribution in [-0.4, -0.2) is 29.5 Å². The average Bonchev–Trinajstić information content (AvgIpc) is 2.51. The predicted octanol–water partition coefficient (Wildman–Crippen LogP) is 2.62. The molecule has 0 aliphatic carbocycles. The lowest BCUT2D eigenvalue weighted by Gasteiger charge is -2.23. The van der Waals surface area contributed by atoms with Crippen LogP contribution in [0.1, 0.15) is 32.3 Å². The number of imide groups is 1. The van der Waals surface area contributed by atoms with Crippen molar-refractivity contribution in [2.24, 2.45) is 0 Å². The van der Waals surface area contributed by atoms with E-state index in [0.717, 1.165) is 23.3 Å². The van der Waals surface area contributed by atoms with E-state index in [-0.39, 0.29) is 19.1 Å². The molecule has 0 aromatic heterocycles. The Balaban J connectivity index is 2.79. The molecule has 1 aromatic rings. The van der Waals surface area contributed by atoms with E-state index >= 15 is 0 Å². The molecule has 4 amide bonds. The Morgan fingerprint density at radius 2 is 1.95 bits per heavy atom. The van der Waals surface area contributed by atoms with Crippen molar-refractivity contribution in [3.63, 3.8) is 0 Å². The molecule has 0 spiro atoms. The maximum Gasteiger partial charge on any atom is 0.326 e. The Kier molecular flexibility index (Phi) is 7.48. The molecule has 1 unspecified atom stereocenters. The topological polar surface area (TPSA) is 85.2 Å². The van der Waals surface area contributed by atoms with E-state index in [0.29, 0.717) is 0 Å². The number of amides is 4. The molecule has 1 atom stereocenters. The van der Waals surface area contributed by atoms with Crippen LogP contribution in [0.25, 0.3) is 0 Å². The summed E-state index contributed by atoms with van der Waals surface area (Å²) in [7, 11) is 0. The standard InChI is InChI=1S/C16H22N4O2/c1-3-7-13(2)19-16(22)20(15(21)18-11-10-17)12-14-8-5-4-6-9-14/h4-6,8-9,13H,3,7,11-12H2,1-2H3,(H,18,21)(H,19,22). The van der Waals surface area contributed by atoms with Gasteiger partial charge in [-0.3, -0.25) is 0 Å². The van der Waals surface area contributed by atoms with Crippen molar-refractivity contribution in [2.45, 2.75) is 39.3 Å². The van der Waals surface area contributed by atoms with Gasteiger partial charge in [0, 0.05) is 6.04 Å². The number of hydrogen-bond acceptors (Lipinski definition) is 3. The first-order valence-corrected chi connectivity index (χ1v) is 7.35. The van der Waals surface area contributed by atoms with Gasteiger partial charge >= 0.3 is 12.1 Å². The van der Waals surface area contributed by atoms with E-state index in [9.17, 15) is 9.59 Å². The van der Waals surface area contributed by atoms with E-state index in [1.54, 1.807) is 0 Å². The first kappa shape index (κ1) is 17.5. The number of carbonyl (C=O) groups is 2. The fourth-order valence-corrected chi connectivity index (χ4v) is 2.01. The zero-order valence-electron chi connectivity index (χ0n) is 13.0. The second kappa shape index (κ2) is 9.40. The van der Waals surface area contributed by atoms with Crippen LogP contribution < -0.4 is 10.6 Å². The molecule has 6 nitrogen and oxygen atoms in total. The SMILES string of the molecule is CCCC(C)NC(=O)N(Cc1ccccc1)C(=O)NCC#N. The first-order valence-electron chi connectivity index (χ1n) is 7.35. The average molecular weight is 302 g/mol. The normalized spacial score (nSPS) is 11.1. The second-order valence-electron chi connectivity index (χ2n) is 5.03. The molecule has 0 fully saturated rings. The highest BCUT2D eigenvalue weighted by atomic mass is 16.2. The number of nitriles is 1. The minimum atomic E-state index is -0.577. The lowest BCUT2D eigenvalue weighted by atomic mass is 10.2. The van der Waals surface area contributed by atoms with Gasteiger partial charge in [0.2, 0.25) is 0 Å². The quantitative estimate of drug-likeness (QED) is 0.792. The van der Waals surface area contributed by atoms with Crippen LogP contribution in [0.15, 0.2) is 30.3 Å². The molecule has 6 heteroatoms. The molecule has 0 aliphatic heterocycles. The Morgan fingerprint density at radius 3 is 2.55 bits per heavy atom.